The van der Waals surface area contributed by atoms with Gasteiger partial charge in [0.1, 0.15) is 10.7 Å². The zero-order valence-electron chi connectivity index (χ0n) is 14.2. The number of ether oxygens (including phenoxy) is 1. The van der Waals surface area contributed by atoms with Crippen LogP contribution >= 0.6 is 23.2 Å². The number of anilines is 2. The average Bonchev–Trinajstić information content (AvgIpc) is 2.85. The van der Waals surface area contributed by atoms with Crippen LogP contribution in [0.25, 0.3) is 0 Å². The van der Waals surface area contributed by atoms with Gasteiger partial charge in [-0.2, -0.15) is 0 Å². The summed E-state index contributed by atoms with van der Waals surface area (Å²) in [7, 11) is 0. The molecule has 6 nitrogen and oxygen atoms in total. The number of hydrogen-bond acceptors (Lipinski definition) is 5. The first kappa shape index (κ1) is 18.9. The second kappa shape index (κ2) is 7.82. The standard InChI is InChI=1S/C19H14Cl2N2O4/c1-2-27-19(26)11-5-3-7-13(9-11)22-16-15(21)17(24)23(18(16)25)14-8-4-6-12(20)10-14/h3-10,22H,2H2,1H3. The fourth-order valence-electron chi connectivity index (χ4n) is 2.54. The Morgan fingerprint density at radius 1 is 1.07 bits per heavy atom. The molecule has 0 bridgehead atoms. The van der Waals surface area contributed by atoms with E-state index in [-0.39, 0.29) is 17.3 Å². The summed E-state index contributed by atoms with van der Waals surface area (Å²) < 4.78 is 4.95. The van der Waals surface area contributed by atoms with Crippen molar-refractivity contribution in [3.63, 3.8) is 0 Å². The van der Waals surface area contributed by atoms with Crippen LogP contribution in [0.1, 0.15) is 17.3 Å². The van der Waals surface area contributed by atoms with Gasteiger partial charge in [0.15, 0.2) is 0 Å². The Morgan fingerprint density at radius 2 is 1.81 bits per heavy atom. The molecule has 0 aromatic heterocycles. The first-order valence-corrected chi connectivity index (χ1v) is 8.76. The maximum atomic E-state index is 12.7. The number of imide groups is 1. The summed E-state index contributed by atoms with van der Waals surface area (Å²) >= 11 is 12.0. The molecular formula is C19H14Cl2N2O4. The number of nitrogens with one attached hydrogen (secondary N) is 1. The monoisotopic (exact) mass is 404 g/mol. The van der Waals surface area contributed by atoms with Crippen LogP contribution in [0.4, 0.5) is 11.4 Å². The first-order chi connectivity index (χ1) is 12.9. The number of amides is 2. The fourth-order valence-corrected chi connectivity index (χ4v) is 2.94. The van der Waals surface area contributed by atoms with Crippen molar-refractivity contribution in [2.24, 2.45) is 0 Å². The zero-order valence-corrected chi connectivity index (χ0v) is 15.7. The first-order valence-electron chi connectivity index (χ1n) is 8.00. The molecule has 0 atom stereocenters. The SMILES string of the molecule is CCOC(=O)c1cccc(NC2=C(Cl)C(=O)N(c3cccc(Cl)c3)C2=O)c1. The van der Waals surface area contributed by atoms with Crippen molar-refractivity contribution in [2.75, 3.05) is 16.8 Å². The zero-order chi connectivity index (χ0) is 19.6. The number of carbonyl (C=O) groups is 3. The Balaban J connectivity index is 1.87. The number of carbonyl (C=O) groups excluding carboxylic acids is 3. The van der Waals surface area contributed by atoms with Crippen LogP contribution in [-0.2, 0) is 14.3 Å². The van der Waals surface area contributed by atoms with E-state index >= 15 is 0 Å². The molecule has 0 saturated heterocycles. The van der Waals surface area contributed by atoms with E-state index in [1.54, 1.807) is 43.3 Å². The fraction of sp³-hybridized carbons (Fsp3) is 0.105. The molecule has 1 aliphatic heterocycles. The third kappa shape index (κ3) is 3.82. The average molecular weight is 405 g/mol. The van der Waals surface area contributed by atoms with Crippen LogP contribution in [0.3, 0.4) is 0 Å². The molecule has 1 heterocycles. The normalized spacial score (nSPS) is 14.0. The Morgan fingerprint density at radius 3 is 2.52 bits per heavy atom. The van der Waals surface area contributed by atoms with Crippen molar-refractivity contribution in [2.45, 2.75) is 6.92 Å². The van der Waals surface area contributed by atoms with E-state index in [1.807, 2.05) is 0 Å². The molecule has 27 heavy (non-hydrogen) atoms. The summed E-state index contributed by atoms with van der Waals surface area (Å²) in [4.78, 5) is 38.0. The predicted octanol–water partition coefficient (Wildman–Crippen LogP) is 3.95. The summed E-state index contributed by atoms with van der Waals surface area (Å²) in [6, 6.07) is 12.7. The molecule has 2 aromatic rings. The van der Waals surface area contributed by atoms with Crippen LogP contribution in [0, 0.1) is 0 Å². The van der Waals surface area contributed by atoms with E-state index in [9.17, 15) is 14.4 Å². The van der Waals surface area contributed by atoms with Gasteiger partial charge in [0, 0.05) is 10.7 Å². The maximum Gasteiger partial charge on any atom is 0.338 e. The molecule has 2 amide bonds. The molecule has 0 aliphatic carbocycles. The van der Waals surface area contributed by atoms with Gasteiger partial charge >= 0.3 is 5.97 Å². The molecule has 0 fully saturated rings. The summed E-state index contributed by atoms with van der Waals surface area (Å²) in [5.41, 5.74) is 0.959. The van der Waals surface area contributed by atoms with Gasteiger partial charge in [-0.15, -0.1) is 0 Å². The minimum atomic E-state index is -0.659. The Hall–Kier alpha value is -2.83. The van der Waals surface area contributed by atoms with Crippen molar-refractivity contribution >= 4 is 52.4 Å². The van der Waals surface area contributed by atoms with Crippen LogP contribution in [0.5, 0.6) is 0 Å². The molecule has 138 valence electrons. The lowest BCUT2D eigenvalue weighted by molar-refractivity contribution is -0.120. The smallest absolute Gasteiger partial charge is 0.338 e. The highest BCUT2D eigenvalue weighted by Crippen LogP contribution is 2.31. The minimum Gasteiger partial charge on any atom is -0.462 e. The molecule has 0 radical (unpaired) electrons. The van der Waals surface area contributed by atoms with Crippen molar-refractivity contribution in [1.29, 1.82) is 0 Å². The number of halogens is 2. The predicted molar refractivity (Wildman–Crippen MR) is 103 cm³/mol. The van der Waals surface area contributed by atoms with Gasteiger partial charge in [-0.25, -0.2) is 9.69 Å². The third-order valence-corrected chi connectivity index (χ3v) is 4.32. The number of nitrogens with zero attached hydrogens (tertiary/aromatic N) is 1. The number of benzene rings is 2. The van der Waals surface area contributed by atoms with E-state index in [0.717, 1.165) is 4.90 Å². The van der Waals surface area contributed by atoms with E-state index in [0.29, 0.717) is 22.0 Å². The quantitative estimate of drug-likeness (QED) is 0.602. The molecule has 8 heteroatoms. The molecule has 0 spiro atoms. The Labute approximate surface area is 165 Å². The van der Waals surface area contributed by atoms with E-state index in [4.69, 9.17) is 27.9 Å². The molecule has 1 aliphatic rings. The van der Waals surface area contributed by atoms with Gasteiger partial charge in [-0.05, 0) is 43.3 Å². The number of esters is 1. The molecule has 2 aromatic carbocycles. The summed E-state index contributed by atoms with van der Waals surface area (Å²) in [5, 5.41) is 2.95. The van der Waals surface area contributed by atoms with Crippen LogP contribution in [0.15, 0.2) is 59.3 Å². The van der Waals surface area contributed by atoms with Gasteiger partial charge in [-0.3, -0.25) is 9.59 Å². The van der Waals surface area contributed by atoms with Crippen molar-refractivity contribution < 1.29 is 19.1 Å². The van der Waals surface area contributed by atoms with E-state index < -0.39 is 17.8 Å². The Kier molecular flexibility index (Phi) is 5.48. The largest absolute Gasteiger partial charge is 0.462 e. The topological polar surface area (TPSA) is 75.7 Å². The molecule has 0 saturated carbocycles. The lowest BCUT2D eigenvalue weighted by Crippen LogP contribution is -2.32. The number of hydrogen-bond donors (Lipinski definition) is 1. The van der Waals surface area contributed by atoms with Crippen molar-refractivity contribution in [1.82, 2.24) is 0 Å². The summed E-state index contributed by atoms with van der Waals surface area (Å²) in [5.74, 6) is -1.77. The highest BCUT2D eigenvalue weighted by atomic mass is 35.5. The lowest BCUT2D eigenvalue weighted by atomic mass is 10.2. The lowest BCUT2D eigenvalue weighted by Gasteiger charge is -2.15. The Bertz CT molecular complexity index is 972. The van der Waals surface area contributed by atoms with Crippen LogP contribution in [0.2, 0.25) is 5.02 Å². The second-order valence-corrected chi connectivity index (χ2v) is 6.36. The van der Waals surface area contributed by atoms with E-state index in [1.165, 1.54) is 12.1 Å². The molecule has 0 unspecified atom stereocenters. The minimum absolute atomic E-state index is 0.0809. The highest BCUT2D eigenvalue weighted by molar-refractivity contribution is 6.53. The van der Waals surface area contributed by atoms with Gasteiger partial charge in [0.25, 0.3) is 11.8 Å². The van der Waals surface area contributed by atoms with Crippen molar-refractivity contribution in [3.8, 4) is 0 Å². The molecule has 3 rings (SSSR count). The third-order valence-electron chi connectivity index (χ3n) is 3.74. The summed E-state index contributed by atoms with van der Waals surface area (Å²) in [6.45, 7) is 1.95. The van der Waals surface area contributed by atoms with Gasteiger partial charge < -0.3 is 10.1 Å². The molecular weight excluding hydrogens is 391 g/mol. The highest BCUT2D eigenvalue weighted by Gasteiger charge is 2.39. The van der Waals surface area contributed by atoms with E-state index in [2.05, 4.69) is 5.32 Å². The number of rotatable bonds is 5. The summed E-state index contributed by atoms with van der Waals surface area (Å²) in [6.07, 6.45) is 0. The second-order valence-electron chi connectivity index (χ2n) is 5.54. The van der Waals surface area contributed by atoms with Crippen LogP contribution < -0.4 is 10.2 Å². The van der Waals surface area contributed by atoms with Crippen LogP contribution in [-0.4, -0.2) is 24.4 Å². The van der Waals surface area contributed by atoms with Crippen molar-refractivity contribution in [3.05, 3.63) is 69.8 Å². The maximum absolute atomic E-state index is 12.7. The van der Waals surface area contributed by atoms with Gasteiger partial charge in [0.05, 0.1) is 17.9 Å². The van der Waals surface area contributed by atoms with Gasteiger partial charge in [0.2, 0.25) is 0 Å². The molecule has 1 N–H and O–H groups in total. The van der Waals surface area contributed by atoms with Gasteiger partial charge in [-0.1, -0.05) is 35.3 Å².